The van der Waals surface area contributed by atoms with Crippen molar-refractivity contribution >= 4 is 0 Å². The number of rotatable bonds is 5. The maximum absolute atomic E-state index is 6.04. The van der Waals surface area contributed by atoms with E-state index in [2.05, 4.69) is 16.9 Å². The number of nitrogens with two attached hydrogens (primary N) is 1. The molecule has 0 aromatic carbocycles. The highest BCUT2D eigenvalue weighted by atomic mass is 16.5. The Balaban J connectivity index is 2.52. The Morgan fingerprint density at radius 3 is 2.64 bits per heavy atom. The van der Waals surface area contributed by atoms with Crippen LogP contribution in [0.1, 0.15) is 24.9 Å². The molecule has 4 nitrogen and oxygen atoms in total. The lowest BCUT2D eigenvalue weighted by Gasteiger charge is -2.18. The monoisotopic (exact) mass is 195 g/mol. The fourth-order valence-corrected chi connectivity index (χ4v) is 1.29. The molecule has 2 unspecified atom stereocenters. The minimum absolute atomic E-state index is 0.00801. The first-order valence-electron chi connectivity index (χ1n) is 4.75. The maximum atomic E-state index is 6.04. The number of hydrogen-bond acceptors (Lipinski definition) is 4. The molecule has 0 fully saturated rings. The quantitative estimate of drug-likeness (QED) is 0.765. The fraction of sp³-hybridized carbons (Fsp3) is 0.600. The van der Waals surface area contributed by atoms with Crippen molar-refractivity contribution < 1.29 is 4.74 Å². The molecule has 1 aromatic heterocycles. The summed E-state index contributed by atoms with van der Waals surface area (Å²) in [5.41, 5.74) is 7.03. The van der Waals surface area contributed by atoms with E-state index in [1.165, 1.54) is 6.33 Å². The van der Waals surface area contributed by atoms with E-state index in [9.17, 15) is 0 Å². The van der Waals surface area contributed by atoms with Crippen LogP contribution in [-0.4, -0.2) is 23.7 Å². The van der Waals surface area contributed by atoms with Gasteiger partial charge < -0.3 is 10.5 Å². The van der Waals surface area contributed by atoms with Crippen LogP contribution in [0, 0.1) is 5.92 Å². The van der Waals surface area contributed by atoms with E-state index in [1.807, 2.05) is 0 Å². The van der Waals surface area contributed by atoms with Crippen LogP contribution in [0.15, 0.2) is 18.7 Å². The van der Waals surface area contributed by atoms with E-state index >= 15 is 0 Å². The lowest BCUT2D eigenvalue weighted by Crippen LogP contribution is -2.20. The molecular formula is C10H17N3O. The summed E-state index contributed by atoms with van der Waals surface area (Å²) in [4.78, 5) is 7.89. The summed E-state index contributed by atoms with van der Waals surface area (Å²) >= 11 is 0. The van der Waals surface area contributed by atoms with Gasteiger partial charge in [0.15, 0.2) is 0 Å². The molecule has 14 heavy (non-hydrogen) atoms. The second-order valence-corrected chi connectivity index (χ2v) is 3.46. The van der Waals surface area contributed by atoms with Crippen molar-refractivity contribution in [2.24, 2.45) is 11.7 Å². The first-order valence-corrected chi connectivity index (χ1v) is 4.75. The molecule has 4 heteroatoms. The average Bonchev–Trinajstić information content (AvgIpc) is 2.26. The topological polar surface area (TPSA) is 61.0 Å². The van der Waals surface area contributed by atoms with Gasteiger partial charge in [-0.2, -0.15) is 0 Å². The number of methoxy groups -OCH3 is 1. The largest absolute Gasteiger partial charge is 0.385 e. The van der Waals surface area contributed by atoms with E-state index in [0.717, 1.165) is 18.6 Å². The Hall–Kier alpha value is -1.00. The summed E-state index contributed by atoms with van der Waals surface area (Å²) in [5.74, 6) is 0.376. The Bertz CT molecular complexity index is 253. The van der Waals surface area contributed by atoms with Gasteiger partial charge in [-0.25, -0.2) is 9.97 Å². The summed E-state index contributed by atoms with van der Waals surface area (Å²) < 4.78 is 5.01. The molecule has 0 aliphatic rings. The molecule has 0 saturated carbocycles. The zero-order valence-corrected chi connectivity index (χ0v) is 8.68. The molecule has 0 amide bonds. The number of ether oxygens (including phenoxy) is 1. The lowest BCUT2D eigenvalue weighted by molar-refractivity contribution is 0.174. The van der Waals surface area contributed by atoms with Gasteiger partial charge in [-0.1, -0.05) is 6.92 Å². The number of nitrogens with zero attached hydrogens (tertiary/aromatic N) is 2. The number of aromatic nitrogens is 2. The molecule has 1 heterocycles. The van der Waals surface area contributed by atoms with E-state index in [-0.39, 0.29) is 6.04 Å². The van der Waals surface area contributed by atoms with Crippen molar-refractivity contribution in [2.75, 3.05) is 13.7 Å². The van der Waals surface area contributed by atoms with Crippen molar-refractivity contribution in [2.45, 2.75) is 19.4 Å². The van der Waals surface area contributed by atoms with Crippen LogP contribution >= 0.6 is 0 Å². The Kier molecular flexibility index (Phi) is 4.49. The van der Waals surface area contributed by atoms with Crippen LogP contribution in [0.25, 0.3) is 0 Å². The molecule has 0 aliphatic heterocycles. The molecule has 1 aromatic rings. The van der Waals surface area contributed by atoms with Crippen LogP contribution in [0.3, 0.4) is 0 Å². The maximum Gasteiger partial charge on any atom is 0.115 e. The van der Waals surface area contributed by atoms with Gasteiger partial charge in [0.25, 0.3) is 0 Å². The molecule has 1 rings (SSSR count). The fourth-order valence-electron chi connectivity index (χ4n) is 1.29. The smallest absolute Gasteiger partial charge is 0.115 e. The van der Waals surface area contributed by atoms with Gasteiger partial charge in [0.05, 0.1) is 0 Å². The van der Waals surface area contributed by atoms with Crippen LogP contribution in [0.4, 0.5) is 0 Å². The van der Waals surface area contributed by atoms with Gasteiger partial charge in [0.1, 0.15) is 6.33 Å². The molecule has 0 aliphatic carbocycles. The zero-order chi connectivity index (χ0) is 10.4. The van der Waals surface area contributed by atoms with Gasteiger partial charge >= 0.3 is 0 Å². The van der Waals surface area contributed by atoms with E-state index in [4.69, 9.17) is 10.5 Å². The summed E-state index contributed by atoms with van der Waals surface area (Å²) in [5, 5.41) is 0. The predicted octanol–water partition coefficient (Wildman–Crippen LogP) is 1.15. The molecule has 2 atom stereocenters. The third-order valence-electron chi connectivity index (χ3n) is 2.36. The molecule has 2 N–H and O–H groups in total. The van der Waals surface area contributed by atoms with Gasteiger partial charge in [-0.05, 0) is 12.3 Å². The molecule has 78 valence electrons. The van der Waals surface area contributed by atoms with E-state index in [0.29, 0.717) is 5.92 Å². The first-order chi connectivity index (χ1) is 6.75. The van der Waals surface area contributed by atoms with Gasteiger partial charge in [-0.3, -0.25) is 0 Å². The summed E-state index contributed by atoms with van der Waals surface area (Å²) in [6, 6.07) is -0.00801. The highest BCUT2D eigenvalue weighted by Crippen LogP contribution is 2.20. The van der Waals surface area contributed by atoms with Crippen molar-refractivity contribution in [3.63, 3.8) is 0 Å². The van der Waals surface area contributed by atoms with Crippen molar-refractivity contribution in [3.05, 3.63) is 24.3 Å². The van der Waals surface area contributed by atoms with Gasteiger partial charge in [0, 0.05) is 37.7 Å². The minimum atomic E-state index is -0.00801. The Morgan fingerprint density at radius 2 is 2.07 bits per heavy atom. The molecule has 0 radical (unpaired) electrons. The molecule has 0 bridgehead atoms. The van der Waals surface area contributed by atoms with E-state index in [1.54, 1.807) is 19.5 Å². The Morgan fingerprint density at radius 1 is 1.43 bits per heavy atom. The molecular weight excluding hydrogens is 178 g/mol. The van der Waals surface area contributed by atoms with Crippen LogP contribution < -0.4 is 5.73 Å². The third-order valence-corrected chi connectivity index (χ3v) is 2.36. The van der Waals surface area contributed by atoms with Crippen LogP contribution in [0.2, 0.25) is 0 Å². The zero-order valence-electron chi connectivity index (χ0n) is 8.68. The standard InChI is InChI=1S/C10H17N3O/c1-8(3-4-14-2)10(11)9-5-12-7-13-6-9/h5-8,10H,3-4,11H2,1-2H3. The minimum Gasteiger partial charge on any atom is -0.385 e. The van der Waals surface area contributed by atoms with Crippen molar-refractivity contribution in [3.8, 4) is 0 Å². The third kappa shape index (κ3) is 3.05. The van der Waals surface area contributed by atoms with Gasteiger partial charge in [-0.15, -0.1) is 0 Å². The highest BCUT2D eigenvalue weighted by Gasteiger charge is 2.14. The normalized spacial score (nSPS) is 15.1. The van der Waals surface area contributed by atoms with Crippen LogP contribution in [0.5, 0.6) is 0 Å². The molecule has 0 saturated heterocycles. The van der Waals surface area contributed by atoms with Crippen LogP contribution in [-0.2, 0) is 4.74 Å². The lowest BCUT2D eigenvalue weighted by atomic mass is 9.95. The second kappa shape index (κ2) is 5.67. The summed E-state index contributed by atoms with van der Waals surface area (Å²) in [7, 11) is 1.70. The van der Waals surface area contributed by atoms with Gasteiger partial charge in [0.2, 0.25) is 0 Å². The predicted molar refractivity (Wildman–Crippen MR) is 54.6 cm³/mol. The average molecular weight is 195 g/mol. The SMILES string of the molecule is COCCC(C)C(N)c1cncnc1. The van der Waals surface area contributed by atoms with Crippen molar-refractivity contribution in [1.82, 2.24) is 9.97 Å². The molecule has 0 spiro atoms. The number of hydrogen-bond donors (Lipinski definition) is 1. The first kappa shape index (κ1) is 11.1. The summed E-state index contributed by atoms with van der Waals surface area (Å²) in [6.07, 6.45) is 5.99. The summed E-state index contributed by atoms with van der Waals surface area (Å²) in [6.45, 7) is 2.85. The van der Waals surface area contributed by atoms with Crippen molar-refractivity contribution in [1.29, 1.82) is 0 Å². The second-order valence-electron chi connectivity index (χ2n) is 3.46. The Labute approximate surface area is 84.5 Å². The van der Waals surface area contributed by atoms with E-state index < -0.39 is 0 Å². The highest BCUT2D eigenvalue weighted by molar-refractivity contribution is 5.09.